The number of carbonyl (C=O) groups is 1. The van der Waals surface area contributed by atoms with Gasteiger partial charge in [0.25, 0.3) is 5.91 Å². The normalized spacial score (nSPS) is 16.9. The summed E-state index contributed by atoms with van der Waals surface area (Å²) in [6.45, 7) is 6.77. The van der Waals surface area contributed by atoms with Gasteiger partial charge in [0, 0.05) is 11.5 Å². The first-order chi connectivity index (χ1) is 15.4. The van der Waals surface area contributed by atoms with Gasteiger partial charge in [0.05, 0.1) is 5.57 Å². The summed E-state index contributed by atoms with van der Waals surface area (Å²) in [5, 5.41) is 15.6. The SMILES string of the molecule is Cc1cccc(OCCOc2ccccc2/C=C2\C(=N)N3N=C(C(C)C)SC3=NC2=O)c1. The zero-order valence-corrected chi connectivity index (χ0v) is 19.0. The number of fused-ring (bicyclic) bond motifs is 1. The van der Waals surface area contributed by atoms with Crippen molar-refractivity contribution in [3.63, 3.8) is 0 Å². The first kappa shape index (κ1) is 21.8. The Morgan fingerprint density at radius 3 is 2.69 bits per heavy atom. The van der Waals surface area contributed by atoms with E-state index in [9.17, 15) is 4.79 Å². The highest BCUT2D eigenvalue weighted by Crippen LogP contribution is 2.31. The maximum atomic E-state index is 12.6. The van der Waals surface area contributed by atoms with Crippen LogP contribution in [-0.2, 0) is 4.79 Å². The smallest absolute Gasteiger partial charge is 0.283 e. The first-order valence-corrected chi connectivity index (χ1v) is 11.2. The number of hydrogen-bond acceptors (Lipinski definition) is 6. The van der Waals surface area contributed by atoms with Crippen LogP contribution in [0.1, 0.15) is 25.0 Å². The molecule has 4 rings (SSSR count). The predicted octanol–water partition coefficient (Wildman–Crippen LogP) is 4.73. The number of ether oxygens (including phenoxy) is 2. The number of hydrogen-bond donors (Lipinski definition) is 1. The minimum atomic E-state index is -0.452. The molecule has 1 amide bonds. The van der Waals surface area contributed by atoms with Gasteiger partial charge in [-0.2, -0.15) is 15.1 Å². The summed E-state index contributed by atoms with van der Waals surface area (Å²) in [4.78, 5) is 16.8. The van der Waals surface area contributed by atoms with Crippen LogP contribution in [0.15, 0.2) is 64.2 Å². The maximum Gasteiger partial charge on any atom is 0.283 e. The van der Waals surface area contributed by atoms with Crippen LogP contribution in [0.5, 0.6) is 11.5 Å². The minimum absolute atomic E-state index is 0.0146. The van der Waals surface area contributed by atoms with E-state index in [1.165, 1.54) is 16.8 Å². The Labute approximate surface area is 191 Å². The molecular formula is C24H24N4O3S. The summed E-state index contributed by atoms with van der Waals surface area (Å²) >= 11 is 1.33. The monoisotopic (exact) mass is 448 g/mol. The van der Waals surface area contributed by atoms with Crippen LogP contribution in [0.3, 0.4) is 0 Å². The lowest BCUT2D eigenvalue weighted by Crippen LogP contribution is -2.35. The van der Waals surface area contributed by atoms with Gasteiger partial charge in [-0.05, 0) is 48.5 Å². The van der Waals surface area contributed by atoms with E-state index >= 15 is 0 Å². The van der Waals surface area contributed by atoms with E-state index in [-0.39, 0.29) is 17.3 Å². The van der Waals surface area contributed by atoms with Crippen molar-refractivity contribution in [2.24, 2.45) is 16.0 Å². The van der Waals surface area contributed by atoms with Gasteiger partial charge in [-0.15, -0.1) is 0 Å². The van der Waals surface area contributed by atoms with Crippen molar-refractivity contribution in [1.29, 1.82) is 5.41 Å². The Morgan fingerprint density at radius 2 is 1.91 bits per heavy atom. The van der Waals surface area contributed by atoms with Gasteiger partial charge in [-0.25, -0.2) is 0 Å². The van der Waals surface area contributed by atoms with Crippen molar-refractivity contribution in [3.05, 3.63) is 65.2 Å². The number of rotatable bonds is 7. The Bertz CT molecular complexity index is 1150. The predicted molar refractivity (Wildman–Crippen MR) is 128 cm³/mol. The Balaban J connectivity index is 1.47. The number of nitrogens with one attached hydrogen (secondary N) is 1. The number of nitrogens with zero attached hydrogens (tertiary/aromatic N) is 3. The molecule has 0 radical (unpaired) electrons. The molecule has 0 unspecified atom stereocenters. The topological polar surface area (TPSA) is 87.3 Å². The van der Waals surface area contributed by atoms with Gasteiger partial charge in [0.1, 0.15) is 29.8 Å². The molecule has 0 saturated heterocycles. The first-order valence-electron chi connectivity index (χ1n) is 10.3. The molecule has 7 nitrogen and oxygen atoms in total. The molecule has 0 saturated carbocycles. The zero-order valence-electron chi connectivity index (χ0n) is 18.2. The van der Waals surface area contributed by atoms with E-state index in [2.05, 4.69) is 10.1 Å². The van der Waals surface area contributed by atoms with Gasteiger partial charge in [0.2, 0.25) is 5.17 Å². The largest absolute Gasteiger partial charge is 0.490 e. The molecule has 0 spiro atoms. The molecule has 8 heteroatoms. The average molecular weight is 449 g/mol. The number of benzene rings is 2. The number of amides is 1. The molecule has 1 N–H and O–H groups in total. The van der Waals surface area contributed by atoms with Crippen LogP contribution in [-0.4, -0.2) is 40.2 Å². The lowest BCUT2D eigenvalue weighted by Gasteiger charge is -2.20. The molecule has 0 fully saturated rings. The number of hydrazone groups is 1. The lowest BCUT2D eigenvalue weighted by molar-refractivity contribution is -0.114. The Morgan fingerprint density at radius 1 is 1.12 bits per heavy atom. The van der Waals surface area contributed by atoms with Crippen LogP contribution in [0, 0.1) is 18.3 Å². The molecular weight excluding hydrogens is 424 g/mol. The third-order valence-electron chi connectivity index (χ3n) is 4.78. The Hall–Kier alpha value is -3.39. The van der Waals surface area contributed by atoms with Crippen LogP contribution in [0.4, 0.5) is 0 Å². The number of thioether (sulfide) groups is 1. The van der Waals surface area contributed by atoms with Crippen molar-refractivity contribution in [3.8, 4) is 11.5 Å². The number of amidine groups is 2. The number of para-hydroxylation sites is 1. The second-order valence-electron chi connectivity index (χ2n) is 7.66. The number of carbonyl (C=O) groups excluding carboxylic acids is 1. The van der Waals surface area contributed by atoms with Crippen molar-refractivity contribution in [2.45, 2.75) is 20.8 Å². The summed E-state index contributed by atoms with van der Waals surface area (Å²) in [5.41, 5.74) is 2.00. The molecule has 2 aliphatic heterocycles. The fourth-order valence-electron chi connectivity index (χ4n) is 3.14. The second kappa shape index (κ2) is 9.40. The summed E-state index contributed by atoms with van der Waals surface area (Å²) in [7, 11) is 0. The average Bonchev–Trinajstić information content (AvgIpc) is 3.20. The third kappa shape index (κ3) is 4.75. The van der Waals surface area contributed by atoms with Gasteiger partial charge < -0.3 is 9.47 Å². The molecule has 2 aliphatic rings. The van der Waals surface area contributed by atoms with E-state index in [1.54, 1.807) is 6.08 Å². The highest BCUT2D eigenvalue weighted by molar-refractivity contribution is 8.27. The zero-order chi connectivity index (χ0) is 22.7. The van der Waals surface area contributed by atoms with E-state index in [0.717, 1.165) is 16.4 Å². The van der Waals surface area contributed by atoms with Crippen LogP contribution in [0.2, 0.25) is 0 Å². The van der Waals surface area contributed by atoms with Gasteiger partial charge in [-0.3, -0.25) is 10.2 Å². The minimum Gasteiger partial charge on any atom is -0.490 e. The molecule has 2 aromatic carbocycles. The third-order valence-corrected chi connectivity index (χ3v) is 5.99. The highest BCUT2D eigenvalue weighted by Gasteiger charge is 2.36. The van der Waals surface area contributed by atoms with Crippen molar-refractivity contribution in [1.82, 2.24) is 5.01 Å². The molecule has 0 bridgehead atoms. The van der Waals surface area contributed by atoms with Gasteiger partial charge >= 0.3 is 0 Å². The van der Waals surface area contributed by atoms with Crippen LogP contribution >= 0.6 is 11.8 Å². The lowest BCUT2D eigenvalue weighted by atomic mass is 10.1. The van der Waals surface area contributed by atoms with Crippen molar-refractivity contribution < 1.29 is 14.3 Å². The van der Waals surface area contributed by atoms with Crippen molar-refractivity contribution >= 4 is 39.8 Å². The van der Waals surface area contributed by atoms with E-state index in [1.807, 2.05) is 69.3 Å². The summed E-state index contributed by atoms with van der Waals surface area (Å²) in [6, 6.07) is 15.2. The number of aliphatic imine (C=N–C) groups is 1. The molecule has 32 heavy (non-hydrogen) atoms. The molecule has 0 atom stereocenters. The number of aryl methyl sites for hydroxylation is 1. The van der Waals surface area contributed by atoms with Gasteiger partial charge in [0.15, 0.2) is 5.84 Å². The molecule has 0 aromatic heterocycles. The molecule has 2 heterocycles. The molecule has 164 valence electrons. The summed E-state index contributed by atoms with van der Waals surface area (Å²) in [5.74, 6) is 1.15. The fourth-order valence-corrected chi connectivity index (χ4v) is 4.04. The second-order valence-corrected chi connectivity index (χ2v) is 8.65. The quantitative estimate of drug-likeness (QED) is 0.489. The molecule has 0 aliphatic carbocycles. The standard InChI is InChI=1S/C24H24N4O3S/c1-15(2)23-27-28-21(25)19(22(29)26-24(28)32-23)14-17-8-4-5-10-20(17)31-12-11-30-18-9-6-7-16(3)13-18/h4-10,13-15,25H,11-12H2,1-3H3/b19-14+,25-21?. The van der Waals surface area contributed by atoms with E-state index < -0.39 is 5.91 Å². The van der Waals surface area contributed by atoms with E-state index in [0.29, 0.717) is 29.7 Å². The van der Waals surface area contributed by atoms with Crippen LogP contribution < -0.4 is 9.47 Å². The van der Waals surface area contributed by atoms with Crippen molar-refractivity contribution in [2.75, 3.05) is 13.2 Å². The fraction of sp³-hybridized carbons (Fsp3) is 0.250. The molecule has 2 aromatic rings. The highest BCUT2D eigenvalue weighted by atomic mass is 32.2. The van der Waals surface area contributed by atoms with Gasteiger partial charge in [-0.1, -0.05) is 44.2 Å². The maximum absolute atomic E-state index is 12.6. The summed E-state index contributed by atoms with van der Waals surface area (Å²) < 4.78 is 11.6. The Kier molecular flexibility index (Phi) is 6.41. The van der Waals surface area contributed by atoms with Crippen LogP contribution in [0.25, 0.3) is 6.08 Å². The van der Waals surface area contributed by atoms with E-state index in [4.69, 9.17) is 14.9 Å². The summed E-state index contributed by atoms with van der Waals surface area (Å²) in [6.07, 6.45) is 1.63.